The van der Waals surface area contributed by atoms with Crippen molar-refractivity contribution in [1.29, 1.82) is 0 Å². The maximum atomic E-state index is 11.4. The molecule has 0 spiro atoms. The lowest BCUT2D eigenvalue weighted by Crippen LogP contribution is -2.12. The van der Waals surface area contributed by atoms with E-state index in [9.17, 15) is 4.79 Å². The first-order valence-corrected chi connectivity index (χ1v) is 4.66. The van der Waals surface area contributed by atoms with Crippen LogP contribution in [0.15, 0.2) is 11.0 Å². The van der Waals surface area contributed by atoms with E-state index in [0.29, 0.717) is 5.65 Å². The zero-order chi connectivity index (χ0) is 10.1. The third kappa shape index (κ3) is 1.21. The van der Waals surface area contributed by atoms with Gasteiger partial charge in [-0.05, 0) is 13.3 Å². The van der Waals surface area contributed by atoms with Crippen LogP contribution in [-0.2, 0) is 6.42 Å². The largest absolute Gasteiger partial charge is 0.324 e. The van der Waals surface area contributed by atoms with Gasteiger partial charge in [-0.25, -0.2) is 0 Å². The lowest BCUT2D eigenvalue weighted by atomic mass is 10.3. The Hall–Kier alpha value is -1.65. The number of nitrogens with one attached hydrogen (secondary N) is 1. The summed E-state index contributed by atoms with van der Waals surface area (Å²) in [5.74, 6) is 0.853. The predicted molar refractivity (Wildman–Crippen MR) is 52.3 cm³/mol. The Labute approximate surface area is 80.8 Å². The fraction of sp³-hybridized carbons (Fsp3) is 0.444. The van der Waals surface area contributed by atoms with Crippen molar-refractivity contribution in [1.82, 2.24) is 19.6 Å². The molecule has 5 heteroatoms. The van der Waals surface area contributed by atoms with Crippen LogP contribution in [0.2, 0.25) is 0 Å². The summed E-state index contributed by atoms with van der Waals surface area (Å²) in [4.78, 5) is 14.0. The molecule has 0 aromatic carbocycles. The Morgan fingerprint density at radius 3 is 3.00 bits per heavy atom. The second-order valence-electron chi connectivity index (χ2n) is 3.28. The molecule has 14 heavy (non-hydrogen) atoms. The number of aryl methyl sites for hydroxylation is 2. The number of hydrogen-bond donors (Lipinski definition) is 1. The van der Waals surface area contributed by atoms with Crippen LogP contribution in [0.25, 0.3) is 5.65 Å². The lowest BCUT2D eigenvalue weighted by molar-refractivity contribution is 0.806. The molecule has 0 aliphatic heterocycles. The average molecular weight is 192 g/mol. The molecule has 74 valence electrons. The summed E-state index contributed by atoms with van der Waals surface area (Å²) < 4.78 is 1.81. The molecule has 0 aliphatic carbocycles. The summed E-state index contributed by atoms with van der Waals surface area (Å²) >= 11 is 0. The van der Waals surface area contributed by atoms with Crippen LogP contribution in [0.3, 0.4) is 0 Å². The van der Waals surface area contributed by atoms with Gasteiger partial charge in [0.05, 0.1) is 0 Å². The summed E-state index contributed by atoms with van der Waals surface area (Å²) in [5.41, 5.74) is 1.15. The fourth-order valence-electron chi connectivity index (χ4n) is 1.52. The van der Waals surface area contributed by atoms with Crippen molar-refractivity contribution < 1.29 is 0 Å². The number of nitrogens with zero attached hydrogens (tertiary/aromatic N) is 3. The highest BCUT2D eigenvalue weighted by atomic mass is 16.1. The third-order valence-electron chi connectivity index (χ3n) is 2.17. The van der Waals surface area contributed by atoms with Gasteiger partial charge in [-0.3, -0.25) is 9.20 Å². The number of hydrogen-bond acceptors (Lipinski definition) is 3. The van der Waals surface area contributed by atoms with Crippen molar-refractivity contribution in [2.24, 2.45) is 0 Å². The number of H-pyrrole nitrogens is 1. The molecule has 0 saturated heterocycles. The van der Waals surface area contributed by atoms with Crippen molar-refractivity contribution in [2.75, 3.05) is 0 Å². The number of rotatable bonds is 2. The van der Waals surface area contributed by atoms with Gasteiger partial charge in [-0.2, -0.15) is 0 Å². The maximum absolute atomic E-state index is 11.4. The molecule has 2 aromatic heterocycles. The summed E-state index contributed by atoms with van der Waals surface area (Å²) in [7, 11) is 0. The zero-order valence-corrected chi connectivity index (χ0v) is 8.24. The van der Waals surface area contributed by atoms with Gasteiger partial charge in [-0.15, -0.1) is 10.2 Å². The quantitative estimate of drug-likeness (QED) is 0.761. The normalized spacial score (nSPS) is 11.0. The van der Waals surface area contributed by atoms with Gasteiger partial charge in [0.2, 0.25) is 5.65 Å². The van der Waals surface area contributed by atoms with Crippen molar-refractivity contribution in [3.63, 3.8) is 0 Å². The minimum absolute atomic E-state index is 0.189. The highest BCUT2D eigenvalue weighted by Crippen LogP contribution is 2.04. The number of aromatic nitrogens is 4. The molecule has 0 amide bonds. The van der Waals surface area contributed by atoms with E-state index in [-0.39, 0.29) is 5.56 Å². The molecule has 0 aliphatic rings. The second kappa shape index (κ2) is 3.25. The topological polar surface area (TPSA) is 63.0 Å². The molecular formula is C9H12N4O. The molecular weight excluding hydrogens is 180 g/mol. The standard InChI is InChI=1S/C9H12N4O/c1-3-4-7-11-12-8-9(14)10-5-6(2)13(7)8/h5H,3-4H2,1-2H3,(H,10,14). The van der Waals surface area contributed by atoms with Gasteiger partial charge in [-0.1, -0.05) is 6.92 Å². The van der Waals surface area contributed by atoms with Crippen LogP contribution in [-0.4, -0.2) is 19.6 Å². The molecule has 5 nitrogen and oxygen atoms in total. The Morgan fingerprint density at radius 1 is 1.50 bits per heavy atom. The van der Waals surface area contributed by atoms with Gasteiger partial charge in [0.25, 0.3) is 5.56 Å². The van der Waals surface area contributed by atoms with E-state index >= 15 is 0 Å². The summed E-state index contributed by atoms with van der Waals surface area (Å²) in [6.45, 7) is 4.00. The Kier molecular flexibility index (Phi) is 2.07. The molecule has 2 rings (SSSR count). The minimum atomic E-state index is -0.189. The van der Waals surface area contributed by atoms with E-state index in [2.05, 4.69) is 22.1 Å². The average Bonchev–Trinajstić information content (AvgIpc) is 2.58. The van der Waals surface area contributed by atoms with Crippen LogP contribution >= 0.6 is 0 Å². The van der Waals surface area contributed by atoms with Crippen LogP contribution in [0.5, 0.6) is 0 Å². The van der Waals surface area contributed by atoms with Gasteiger partial charge in [0.1, 0.15) is 5.82 Å². The van der Waals surface area contributed by atoms with Gasteiger partial charge in [0, 0.05) is 18.3 Å². The highest BCUT2D eigenvalue weighted by Gasteiger charge is 2.08. The first kappa shape index (κ1) is 8.93. The van der Waals surface area contributed by atoms with E-state index in [4.69, 9.17) is 0 Å². The first-order chi connectivity index (χ1) is 6.74. The van der Waals surface area contributed by atoms with E-state index in [1.165, 1.54) is 0 Å². The predicted octanol–water partition coefficient (Wildman–Crippen LogP) is 0.679. The molecule has 0 fully saturated rings. The summed E-state index contributed by atoms with van der Waals surface area (Å²) in [6, 6.07) is 0. The fourth-order valence-corrected chi connectivity index (χ4v) is 1.52. The summed E-state index contributed by atoms with van der Waals surface area (Å²) in [6.07, 6.45) is 3.51. The SMILES string of the molecule is CCCc1nnc2c(=O)[nH]cc(C)n12. The second-order valence-corrected chi connectivity index (χ2v) is 3.28. The van der Waals surface area contributed by atoms with E-state index < -0.39 is 0 Å². The molecule has 1 N–H and O–H groups in total. The van der Waals surface area contributed by atoms with Gasteiger partial charge in [0.15, 0.2) is 0 Å². The molecule has 0 unspecified atom stereocenters. The number of aromatic amines is 1. The molecule has 0 bridgehead atoms. The van der Waals surface area contributed by atoms with Crippen LogP contribution < -0.4 is 5.56 Å². The van der Waals surface area contributed by atoms with Crippen molar-refractivity contribution in [3.05, 3.63) is 28.1 Å². The summed E-state index contributed by atoms with van der Waals surface area (Å²) in [5, 5.41) is 7.87. The molecule has 0 radical (unpaired) electrons. The maximum Gasteiger partial charge on any atom is 0.293 e. The third-order valence-corrected chi connectivity index (χ3v) is 2.17. The van der Waals surface area contributed by atoms with Crippen LogP contribution in [0, 0.1) is 6.92 Å². The molecule has 0 atom stereocenters. The molecule has 2 heterocycles. The first-order valence-electron chi connectivity index (χ1n) is 4.66. The van der Waals surface area contributed by atoms with E-state index in [0.717, 1.165) is 24.4 Å². The van der Waals surface area contributed by atoms with E-state index in [1.807, 2.05) is 11.3 Å². The van der Waals surface area contributed by atoms with Crippen molar-refractivity contribution >= 4 is 5.65 Å². The smallest absolute Gasteiger partial charge is 0.293 e. The van der Waals surface area contributed by atoms with Crippen molar-refractivity contribution in [3.8, 4) is 0 Å². The van der Waals surface area contributed by atoms with Crippen molar-refractivity contribution in [2.45, 2.75) is 26.7 Å². The molecule has 0 saturated carbocycles. The monoisotopic (exact) mass is 192 g/mol. The Bertz CT molecular complexity index is 511. The lowest BCUT2D eigenvalue weighted by Gasteiger charge is -2.00. The Balaban J connectivity index is 2.77. The molecule has 2 aromatic rings. The highest BCUT2D eigenvalue weighted by molar-refractivity contribution is 5.36. The van der Waals surface area contributed by atoms with E-state index in [1.54, 1.807) is 6.20 Å². The van der Waals surface area contributed by atoms with Gasteiger partial charge < -0.3 is 4.98 Å². The zero-order valence-electron chi connectivity index (χ0n) is 8.24. The minimum Gasteiger partial charge on any atom is -0.324 e. The van der Waals surface area contributed by atoms with Crippen LogP contribution in [0.1, 0.15) is 24.9 Å². The van der Waals surface area contributed by atoms with Crippen LogP contribution in [0.4, 0.5) is 0 Å². The van der Waals surface area contributed by atoms with Gasteiger partial charge >= 0.3 is 0 Å². The Morgan fingerprint density at radius 2 is 2.29 bits per heavy atom. The number of fused-ring (bicyclic) bond motifs is 1.